The van der Waals surface area contributed by atoms with Gasteiger partial charge >= 0.3 is 6.09 Å². The lowest BCUT2D eigenvalue weighted by molar-refractivity contribution is 0.0417. The fraction of sp³-hybridized carbons (Fsp3) is 0.714. The van der Waals surface area contributed by atoms with Crippen molar-refractivity contribution >= 4 is 22.6 Å². The Balaban J connectivity index is 2.18. The second-order valence-corrected chi connectivity index (χ2v) is 7.23. The van der Waals surface area contributed by atoms with E-state index in [-0.39, 0.29) is 6.09 Å². The number of nitrogen functional groups attached to an aromatic ring is 1. The number of hydrogen-bond donors (Lipinski definition) is 2. The summed E-state index contributed by atoms with van der Waals surface area (Å²) in [7, 11) is 0. The van der Waals surface area contributed by atoms with Crippen LogP contribution in [0.4, 0.5) is 9.93 Å². The molecule has 0 radical (unpaired) electrons. The highest BCUT2D eigenvalue weighted by Crippen LogP contribution is 2.38. The van der Waals surface area contributed by atoms with Crippen LogP contribution in [0.25, 0.3) is 0 Å². The highest BCUT2D eigenvalue weighted by atomic mass is 32.1. The molecule has 0 saturated heterocycles. The number of alkyl carbamates (subject to hydrolysis) is 1. The van der Waals surface area contributed by atoms with Crippen LogP contribution in [0.1, 0.15) is 58.6 Å². The first kappa shape index (κ1) is 15.1. The zero-order chi connectivity index (χ0) is 14.8. The normalized spacial score (nSPS) is 18.6. The van der Waals surface area contributed by atoms with Gasteiger partial charge in [0.05, 0.1) is 11.2 Å². The van der Waals surface area contributed by atoms with E-state index in [1.54, 1.807) is 0 Å². The van der Waals surface area contributed by atoms with E-state index in [0.29, 0.717) is 5.13 Å². The van der Waals surface area contributed by atoms with Crippen LogP contribution in [-0.2, 0) is 10.3 Å². The van der Waals surface area contributed by atoms with Crippen molar-refractivity contribution in [3.05, 3.63) is 11.1 Å². The van der Waals surface area contributed by atoms with Crippen molar-refractivity contribution in [2.24, 2.45) is 0 Å². The first-order valence-corrected chi connectivity index (χ1v) is 7.91. The molecule has 1 saturated carbocycles. The second-order valence-electron chi connectivity index (χ2n) is 6.34. The Hall–Kier alpha value is -1.30. The molecule has 0 aromatic carbocycles. The van der Waals surface area contributed by atoms with Gasteiger partial charge in [0.2, 0.25) is 0 Å². The van der Waals surface area contributed by atoms with Crippen LogP contribution in [0.15, 0.2) is 5.38 Å². The van der Waals surface area contributed by atoms with Gasteiger partial charge in [-0.3, -0.25) is 0 Å². The highest BCUT2D eigenvalue weighted by molar-refractivity contribution is 7.13. The van der Waals surface area contributed by atoms with E-state index in [1.165, 1.54) is 17.8 Å². The SMILES string of the molecule is CC(C)(C)OC(=O)NC1(c2csc(N)n2)CCCCC1. The predicted octanol–water partition coefficient (Wildman–Crippen LogP) is 3.41. The monoisotopic (exact) mass is 297 g/mol. The van der Waals surface area contributed by atoms with E-state index in [2.05, 4.69) is 10.3 Å². The minimum Gasteiger partial charge on any atom is -0.444 e. The molecule has 0 unspecified atom stereocenters. The molecule has 1 aliphatic rings. The molecule has 0 bridgehead atoms. The number of amides is 1. The second kappa shape index (κ2) is 5.60. The number of carbonyl (C=O) groups is 1. The Morgan fingerprint density at radius 3 is 2.55 bits per heavy atom. The van der Waals surface area contributed by atoms with E-state index in [1.807, 2.05) is 26.2 Å². The van der Waals surface area contributed by atoms with Gasteiger partial charge < -0.3 is 15.8 Å². The van der Waals surface area contributed by atoms with Crippen molar-refractivity contribution in [1.82, 2.24) is 10.3 Å². The molecule has 2 rings (SSSR count). The number of nitrogens with zero attached hydrogens (tertiary/aromatic N) is 1. The van der Waals surface area contributed by atoms with E-state index in [9.17, 15) is 4.79 Å². The summed E-state index contributed by atoms with van der Waals surface area (Å²) in [6.07, 6.45) is 4.73. The highest BCUT2D eigenvalue weighted by Gasteiger charge is 2.38. The summed E-state index contributed by atoms with van der Waals surface area (Å²) in [5.74, 6) is 0. The smallest absolute Gasteiger partial charge is 0.408 e. The molecule has 0 aliphatic heterocycles. The summed E-state index contributed by atoms with van der Waals surface area (Å²) in [5, 5.41) is 5.53. The molecule has 0 spiro atoms. The lowest BCUT2D eigenvalue weighted by Gasteiger charge is -2.37. The number of nitrogens with two attached hydrogens (primary N) is 1. The molecular weight excluding hydrogens is 274 g/mol. The van der Waals surface area contributed by atoms with Gasteiger partial charge in [0.25, 0.3) is 0 Å². The first-order chi connectivity index (χ1) is 9.31. The molecule has 20 heavy (non-hydrogen) atoms. The molecular formula is C14H23N3O2S. The molecule has 6 heteroatoms. The Morgan fingerprint density at radius 2 is 2.05 bits per heavy atom. The van der Waals surface area contributed by atoms with Crippen molar-refractivity contribution in [3.63, 3.8) is 0 Å². The zero-order valence-electron chi connectivity index (χ0n) is 12.4. The summed E-state index contributed by atoms with van der Waals surface area (Å²) in [4.78, 5) is 16.5. The van der Waals surface area contributed by atoms with Gasteiger partial charge in [-0.2, -0.15) is 0 Å². The van der Waals surface area contributed by atoms with Crippen molar-refractivity contribution in [2.75, 3.05) is 5.73 Å². The molecule has 1 aromatic rings. The van der Waals surface area contributed by atoms with Crippen LogP contribution in [0, 0.1) is 0 Å². The molecule has 112 valence electrons. The van der Waals surface area contributed by atoms with E-state index in [0.717, 1.165) is 31.4 Å². The Labute approximate surface area is 123 Å². The number of thiazole rings is 1. The molecule has 0 atom stereocenters. The minimum absolute atomic E-state index is 0.383. The minimum atomic E-state index is -0.499. The van der Waals surface area contributed by atoms with E-state index < -0.39 is 11.1 Å². The topological polar surface area (TPSA) is 77.2 Å². The Morgan fingerprint density at radius 1 is 1.40 bits per heavy atom. The molecule has 1 heterocycles. The number of nitrogens with one attached hydrogen (secondary N) is 1. The third-order valence-electron chi connectivity index (χ3n) is 3.46. The fourth-order valence-electron chi connectivity index (χ4n) is 2.61. The Kier molecular flexibility index (Phi) is 4.22. The largest absolute Gasteiger partial charge is 0.444 e. The maximum atomic E-state index is 12.1. The number of carbonyl (C=O) groups excluding carboxylic acids is 1. The van der Waals surface area contributed by atoms with Crippen molar-refractivity contribution in [1.29, 1.82) is 0 Å². The number of anilines is 1. The standard InChI is InChI=1S/C14H23N3O2S/c1-13(2,3)19-12(18)17-14(7-5-4-6-8-14)10-9-20-11(15)16-10/h9H,4-8H2,1-3H3,(H2,15,16)(H,17,18). The van der Waals surface area contributed by atoms with E-state index >= 15 is 0 Å². The van der Waals surface area contributed by atoms with E-state index in [4.69, 9.17) is 10.5 Å². The van der Waals surface area contributed by atoms with Crippen molar-refractivity contribution in [2.45, 2.75) is 64.0 Å². The first-order valence-electron chi connectivity index (χ1n) is 7.03. The quantitative estimate of drug-likeness (QED) is 0.877. The average molecular weight is 297 g/mol. The van der Waals surface area contributed by atoms with Gasteiger partial charge in [-0.05, 0) is 33.6 Å². The van der Waals surface area contributed by atoms with Gasteiger partial charge in [0.1, 0.15) is 5.60 Å². The van der Waals surface area contributed by atoms with Gasteiger partial charge in [-0.15, -0.1) is 11.3 Å². The van der Waals surface area contributed by atoms with Crippen LogP contribution >= 0.6 is 11.3 Å². The molecule has 1 aliphatic carbocycles. The molecule has 1 amide bonds. The number of aromatic nitrogens is 1. The summed E-state index contributed by atoms with van der Waals surface area (Å²) in [6.45, 7) is 5.59. The van der Waals surface area contributed by atoms with Crippen molar-refractivity contribution in [3.8, 4) is 0 Å². The number of hydrogen-bond acceptors (Lipinski definition) is 5. The van der Waals surface area contributed by atoms with Crippen molar-refractivity contribution < 1.29 is 9.53 Å². The van der Waals surface area contributed by atoms with Gasteiger partial charge in [0, 0.05) is 5.38 Å². The third kappa shape index (κ3) is 3.62. The number of ether oxygens (including phenoxy) is 1. The van der Waals surface area contributed by atoms with Crippen LogP contribution < -0.4 is 11.1 Å². The lowest BCUT2D eigenvalue weighted by atomic mass is 9.80. The predicted molar refractivity (Wildman–Crippen MR) is 80.7 cm³/mol. The van der Waals surface area contributed by atoms with Gasteiger partial charge in [-0.25, -0.2) is 9.78 Å². The molecule has 5 nitrogen and oxygen atoms in total. The van der Waals surface area contributed by atoms with Crippen LogP contribution in [-0.4, -0.2) is 16.7 Å². The molecule has 1 fully saturated rings. The summed E-state index contributed by atoms with van der Waals surface area (Å²) in [6, 6.07) is 0. The maximum absolute atomic E-state index is 12.1. The lowest BCUT2D eigenvalue weighted by Crippen LogP contribution is -2.49. The van der Waals surface area contributed by atoms with Crippen LogP contribution in [0.3, 0.4) is 0 Å². The van der Waals surface area contributed by atoms with Crippen LogP contribution in [0.2, 0.25) is 0 Å². The molecule has 1 aromatic heterocycles. The third-order valence-corrected chi connectivity index (χ3v) is 4.13. The summed E-state index contributed by atoms with van der Waals surface area (Å²) < 4.78 is 5.39. The zero-order valence-corrected chi connectivity index (χ0v) is 13.2. The summed E-state index contributed by atoms with van der Waals surface area (Å²) >= 11 is 1.41. The summed E-state index contributed by atoms with van der Waals surface area (Å²) in [5.41, 5.74) is 5.69. The van der Waals surface area contributed by atoms with Gasteiger partial charge in [-0.1, -0.05) is 19.3 Å². The Bertz CT molecular complexity index is 473. The van der Waals surface area contributed by atoms with Gasteiger partial charge in [0.15, 0.2) is 5.13 Å². The number of rotatable bonds is 2. The maximum Gasteiger partial charge on any atom is 0.408 e. The van der Waals surface area contributed by atoms with Crippen LogP contribution in [0.5, 0.6) is 0 Å². The fourth-order valence-corrected chi connectivity index (χ4v) is 3.27. The average Bonchev–Trinajstić information content (AvgIpc) is 2.75. The molecule has 3 N–H and O–H groups in total.